The molecule has 0 N–H and O–H groups in total. The maximum absolute atomic E-state index is 14.4. The van der Waals surface area contributed by atoms with Crippen molar-refractivity contribution in [3.63, 3.8) is 0 Å². The van der Waals surface area contributed by atoms with Gasteiger partial charge in [-0.1, -0.05) is 24.3 Å². The minimum absolute atomic E-state index is 0.0145. The van der Waals surface area contributed by atoms with E-state index in [4.69, 9.17) is 47.4 Å². The lowest BCUT2D eigenvalue weighted by atomic mass is 9.72. The van der Waals surface area contributed by atoms with E-state index in [2.05, 4.69) is 0 Å². The number of hydrogen-bond acceptors (Lipinski definition) is 14. The van der Waals surface area contributed by atoms with Crippen molar-refractivity contribution < 1.29 is 66.5 Å². The molecule has 10 rings (SSSR count). The van der Waals surface area contributed by atoms with E-state index in [1.807, 2.05) is 24.3 Å². The van der Waals surface area contributed by atoms with E-state index >= 15 is 0 Å². The minimum Gasteiger partial charge on any atom is -0.379 e. The fourth-order valence-corrected chi connectivity index (χ4v) is 8.86. The summed E-state index contributed by atoms with van der Waals surface area (Å²) in [7, 11) is 0. The van der Waals surface area contributed by atoms with Crippen LogP contribution in [-0.4, -0.2) is 151 Å². The first-order valence-corrected chi connectivity index (χ1v) is 19.2. The lowest BCUT2D eigenvalue weighted by Gasteiger charge is -2.34. The molecular formula is C39H44N2O14. The second-order valence-corrected chi connectivity index (χ2v) is 15.8. The van der Waals surface area contributed by atoms with E-state index in [9.17, 15) is 19.2 Å². The Morgan fingerprint density at radius 2 is 1.00 bits per heavy atom. The number of hydrogen-bond donors (Lipinski definition) is 0. The third-order valence-electron chi connectivity index (χ3n) is 11.9. The van der Waals surface area contributed by atoms with Crippen LogP contribution >= 0.6 is 0 Å². The summed E-state index contributed by atoms with van der Waals surface area (Å²) in [6, 6.07) is 6.36. The summed E-state index contributed by atoms with van der Waals surface area (Å²) in [6.07, 6.45) is 7.73. The third kappa shape index (κ3) is 6.59. The van der Waals surface area contributed by atoms with Crippen LogP contribution in [0.4, 0.5) is 11.4 Å². The Hall–Kier alpha value is -3.42. The molecule has 294 valence electrons. The Labute approximate surface area is 316 Å². The van der Waals surface area contributed by atoms with Crippen LogP contribution in [0.2, 0.25) is 0 Å². The Morgan fingerprint density at radius 1 is 0.564 bits per heavy atom. The number of rotatable bonds is 20. The molecule has 2 bridgehead atoms. The average molecular weight is 765 g/mol. The van der Waals surface area contributed by atoms with Crippen LogP contribution in [0, 0.1) is 23.7 Å². The molecule has 16 nitrogen and oxygen atoms in total. The van der Waals surface area contributed by atoms with Crippen LogP contribution in [-0.2, 0) is 66.5 Å². The van der Waals surface area contributed by atoms with Gasteiger partial charge in [-0.3, -0.25) is 19.2 Å². The summed E-state index contributed by atoms with van der Waals surface area (Å²) in [4.78, 5) is 59.7. The highest BCUT2D eigenvalue weighted by Gasteiger charge is 2.74. The van der Waals surface area contributed by atoms with E-state index in [0.29, 0.717) is 64.2 Å². The summed E-state index contributed by atoms with van der Waals surface area (Å²) >= 11 is 0. The van der Waals surface area contributed by atoms with Crippen LogP contribution in [0.15, 0.2) is 48.6 Å². The van der Waals surface area contributed by atoms with Crippen LogP contribution in [0.3, 0.4) is 0 Å². The quantitative estimate of drug-likeness (QED) is 0.0769. The maximum atomic E-state index is 14.4. The number of imide groups is 2. The van der Waals surface area contributed by atoms with Gasteiger partial charge in [-0.2, -0.15) is 0 Å². The van der Waals surface area contributed by atoms with E-state index in [-0.39, 0.29) is 69.8 Å². The Bertz CT molecular complexity index is 1720. The van der Waals surface area contributed by atoms with Gasteiger partial charge >= 0.3 is 0 Å². The van der Waals surface area contributed by atoms with Crippen LogP contribution in [0.5, 0.6) is 0 Å². The highest BCUT2D eigenvalue weighted by molar-refractivity contribution is 6.24. The van der Waals surface area contributed by atoms with E-state index in [1.165, 1.54) is 9.80 Å². The van der Waals surface area contributed by atoms with Crippen LogP contribution < -0.4 is 9.80 Å². The molecule has 11 unspecified atom stereocenters. The lowest BCUT2D eigenvalue weighted by Crippen LogP contribution is -2.48. The molecule has 0 spiro atoms. The number of benzene rings is 1. The summed E-state index contributed by atoms with van der Waals surface area (Å²) in [5.74, 6) is -4.96. The molecule has 0 aromatic heterocycles. The summed E-state index contributed by atoms with van der Waals surface area (Å²) in [5, 5.41) is 0. The molecule has 0 aliphatic carbocycles. The SMILES string of the molecule is O=C1C(CCOCC2CO2)C(C2(COCC3CO3)C=CCO2)C(=O)N1c1ccc(N2C(=O)C3C(C2=O)C2(COCC4CO4)C=CC3(COCC3CO3)O2)cc1. The van der Waals surface area contributed by atoms with Gasteiger partial charge in [0.25, 0.3) is 0 Å². The van der Waals surface area contributed by atoms with Crippen molar-refractivity contribution in [1.82, 2.24) is 0 Å². The predicted molar refractivity (Wildman–Crippen MR) is 186 cm³/mol. The smallest absolute Gasteiger partial charge is 0.241 e. The summed E-state index contributed by atoms with van der Waals surface area (Å²) in [6.45, 7) is 4.76. The fraction of sp³-hybridized carbons (Fsp3) is 0.641. The lowest BCUT2D eigenvalue weighted by molar-refractivity contribution is -0.140. The topological polar surface area (TPSA) is 180 Å². The standard InChI is InChI=1S/C39H44N2O14/c42-33-29(6-11-46-12-25-16-50-25)30(37(7-1-10-54-37)20-47-13-26-17-51-26)34(43)40(33)23-2-4-24(5-3-23)41-35(44)31-32(36(41)45)39(22-49-15-28-19-53-28)9-8-38(31,55-39)21-48-14-27-18-52-27/h1-5,7-9,25-32H,6,10-22H2. The molecule has 9 aliphatic rings. The van der Waals surface area contributed by atoms with Gasteiger partial charge in [0.2, 0.25) is 23.6 Å². The monoisotopic (exact) mass is 764 g/mol. The number of amides is 4. The third-order valence-corrected chi connectivity index (χ3v) is 11.9. The van der Waals surface area contributed by atoms with Gasteiger partial charge in [-0.25, -0.2) is 9.80 Å². The highest BCUT2D eigenvalue weighted by atomic mass is 16.6. The average Bonchev–Trinajstić information content (AvgIpc) is 4.01. The van der Waals surface area contributed by atoms with Crippen molar-refractivity contribution in [3.05, 3.63) is 48.6 Å². The van der Waals surface area contributed by atoms with E-state index in [0.717, 1.165) is 0 Å². The Balaban J connectivity index is 0.894. The largest absolute Gasteiger partial charge is 0.379 e. The van der Waals surface area contributed by atoms with E-state index in [1.54, 1.807) is 24.3 Å². The highest BCUT2D eigenvalue weighted by Crippen LogP contribution is 2.58. The molecule has 0 saturated carbocycles. The molecule has 55 heavy (non-hydrogen) atoms. The number of epoxide rings is 4. The maximum Gasteiger partial charge on any atom is 0.241 e. The molecule has 11 atom stereocenters. The molecule has 9 heterocycles. The van der Waals surface area contributed by atoms with E-state index < -0.39 is 58.2 Å². The number of carbonyl (C=O) groups excluding carboxylic acids is 4. The van der Waals surface area contributed by atoms with Crippen molar-refractivity contribution in [2.45, 2.75) is 47.6 Å². The fourth-order valence-electron chi connectivity index (χ4n) is 8.86. The van der Waals surface area contributed by atoms with Crippen molar-refractivity contribution >= 4 is 35.0 Å². The molecule has 1 aromatic rings. The molecule has 4 amide bonds. The van der Waals surface area contributed by atoms with Gasteiger partial charge in [0.15, 0.2) is 0 Å². The van der Waals surface area contributed by atoms with Gasteiger partial charge in [0.1, 0.15) is 41.2 Å². The zero-order chi connectivity index (χ0) is 37.4. The Morgan fingerprint density at radius 3 is 1.45 bits per heavy atom. The molecular weight excluding hydrogens is 720 g/mol. The number of fused-ring (bicyclic) bond motifs is 5. The van der Waals surface area contributed by atoms with Crippen molar-refractivity contribution in [2.24, 2.45) is 23.7 Å². The van der Waals surface area contributed by atoms with Gasteiger partial charge in [-0.15, -0.1) is 0 Å². The van der Waals surface area contributed by atoms with Crippen LogP contribution in [0.25, 0.3) is 0 Å². The molecule has 1 aromatic carbocycles. The number of carbonyl (C=O) groups is 4. The van der Waals surface area contributed by atoms with Crippen molar-refractivity contribution in [2.75, 3.05) is 95.7 Å². The Kier molecular flexibility index (Phi) is 9.09. The van der Waals surface area contributed by atoms with Gasteiger partial charge < -0.3 is 47.4 Å². The first-order valence-electron chi connectivity index (χ1n) is 19.2. The van der Waals surface area contributed by atoms with Gasteiger partial charge in [0, 0.05) is 6.61 Å². The first kappa shape index (κ1) is 36.0. The number of ether oxygens (including phenoxy) is 10. The van der Waals surface area contributed by atoms with Crippen LogP contribution in [0.1, 0.15) is 6.42 Å². The molecule has 9 aliphatic heterocycles. The molecule has 16 heteroatoms. The number of anilines is 2. The first-order chi connectivity index (χ1) is 26.8. The molecule has 7 saturated heterocycles. The zero-order valence-corrected chi connectivity index (χ0v) is 30.2. The normalized spacial score (nSPS) is 40.3. The number of nitrogens with zero attached hydrogens (tertiary/aromatic N) is 2. The second kappa shape index (κ2) is 13.9. The minimum atomic E-state index is -1.16. The zero-order valence-electron chi connectivity index (χ0n) is 30.2. The van der Waals surface area contributed by atoms with Crippen molar-refractivity contribution in [1.29, 1.82) is 0 Å². The van der Waals surface area contributed by atoms with Gasteiger partial charge in [-0.05, 0) is 30.7 Å². The second-order valence-electron chi connectivity index (χ2n) is 15.8. The molecule has 0 radical (unpaired) electrons. The summed E-state index contributed by atoms with van der Waals surface area (Å²) in [5.41, 5.74) is -2.84. The predicted octanol–water partition coefficient (Wildman–Crippen LogP) is 0.352. The van der Waals surface area contributed by atoms with Gasteiger partial charge in [0.05, 0.1) is 114 Å². The molecule has 7 fully saturated rings. The summed E-state index contributed by atoms with van der Waals surface area (Å²) < 4.78 is 57.7. The van der Waals surface area contributed by atoms with Crippen molar-refractivity contribution in [3.8, 4) is 0 Å².